The molecule has 1 aliphatic carbocycles. The maximum atomic E-state index is 12.4. The first-order valence-corrected chi connectivity index (χ1v) is 10.1. The van der Waals surface area contributed by atoms with E-state index in [0.29, 0.717) is 17.7 Å². The van der Waals surface area contributed by atoms with Gasteiger partial charge in [0, 0.05) is 46.9 Å². The lowest BCUT2D eigenvalue weighted by molar-refractivity contribution is 0.0691. The first-order chi connectivity index (χ1) is 14.1. The van der Waals surface area contributed by atoms with Crippen molar-refractivity contribution in [3.8, 4) is 17.0 Å². The largest absolute Gasteiger partial charge is 0.506 e. The number of nitrogens with zero attached hydrogens (tertiary/aromatic N) is 1. The van der Waals surface area contributed by atoms with Gasteiger partial charge in [-0.05, 0) is 63.8 Å². The quantitative estimate of drug-likeness (QED) is 0.491. The van der Waals surface area contributed by atoms with Crippen LogP contribution in [0.1, 0.15) is 54.4 Å². The summed E-state index contributed by atoms with van der Waals surface area (Å²) in [5, 5.41) is 24.4. The number of aryl methyl sites for hydroxylation is 2. The van der Waals surface area contributed by atoms with Gasteiger partial charge in [0.25, 0.3) is 5.56 Å². The van der Waals surface area contributed by atoms with Gasteiger partial charge in [0.05, 0.1) is 5.69 Å². The molecule has 4 rings (SSSR count). The van der Waals surface area contributed by atoms with Crippen LogP contribution in [0, 0.1) is 0 Å². The van der Waals surface area contributed by atoms with Crippen molar-refractivity contribution < 1.29 is 15.0 Å². The van der Waals surface area contributed by atoms with Crippen LogP contribution in [0.15, 0.2) is 23.0 Å². The molecule has 1 aliphatic rings. The van der Waals surface area contributed by atoms with Crippen molar-refractivity contribution in [1.82, 2.24) is 14.9 Å². The van der Waals surface area contributed by atoms with Crippen molar-refractivity contribution in [2.24, 2.45) is 7.05 Å². The smallest absolute Gasteiger partial charge is 0.345 e. The molecule has 8 heteroatoms. The first kappa shape index (κ1) is 22.9. The second-order valence-electron chi connectivity index (χ2n) is 9.06. The highest BCUT2D eigenvalue weighted by Crippen LogP contribution is 2.38. The van der Waals surface area contributed by atoms with Crippen molar-refractivity contribution in [1.29, 1.82) is 0 Å². The number of carboxylic acids is 1. The molecule has 0 saturated heterocycles. The number of halogens is 1. The zero-order chi connectivity index (χ0) is 21.8. The predicted molar refractivity (Wildman–Crippen MR) is 123 cm³/mol. The summed E-state index contributed by atoms with van der Waals surface area (Å²) in [6.45, 7) is 7.12. The van der Waals surface area contributed by atoms with Gasteiger partial charge in [-0.25, -0.2) is 4.79 Å². The van der Waals surface area contributed by atoms with E-state index in [9.17, 15) is 19.8 Å². The molecule has 1 aromatic carbocycles. The average molecular weight is 446 g/mol. The minimum Gasteiger partial charge on any atom is -0.506 e. The normalized spacial score (nSPS) is 13.3. The predicted octanol–water partition coefficient (Wildman–Crippen LogP) is 3.74. The number of aromatic carboxylic acids is 1. The molecular weight excluding hydrogens is 418 g/mol. The lowest BCUT2D eigenvalue weighted by Crippen LogP contribution is -2.35. The number of fused-ring (bicyclic) bond motifs is 4. The summed E-state index contributed by atoms with van der Waals surface area (Å²) in [4.78, 5) is 26.5. The molecule has 3 aromatic rings. The van der Waals surface area contributed by atoms with Crippen LogP contribution in [0.2, 0.25) is 0 Å². The van der Waals surface area contributed by atoms with Gasteiger partial charge in [0.15, 0.2) is 5.56 Å². The highest BCUT2D eigenvalue weighted by molar-refractivity contribution is 5.93. The molecule has 2 heterocycles. The highest BCUT2D eigenvalue weighted by Gasteiger charge is 2.26. The van der Waals surface area contributed by atoms with Gasteiger partial charge < -0.3 is 25.1 Å². The van der Waals surface area contributed by atoms with Gasteiger partial charge >= 0.3 is 5.97 Å². The number of carboxylic acid groups (broad SMARTS) is 1. The van der Waals surface area contributed by atoms with Crippen molar-refractivity contribution in [2.75, 3.05) is 0 Å². The zero-order valence-corrected chi connectivity index (χ0v) is 18.9. The summed E-state index contributed by atoms with van der Waals surface area (Å²) in [5.74, 6) is -1.84. The molecule has 0 bridgehead atoms. The van der Waals surface area contributed by atoms with E-state index in [2.05, 4.69) is 47.8 Å². The minimum absolute atomic E-state index is 0. The third-order valence-electron chi connectivity index (χ3n) is 5.81. The van der Waals surface area contributed by atoms with Gasteiger partial charge in [0.2, 0.25) is 0 Å². The minimum atomic E-state index is -1.42. The van der Waals surface area contributed by atoms with E-state index >= 15 is 0 Å². The van der Waals surface area contributed by atoms with E-state index in [4.69, 9.17) is 0 Å². The molecule has 0 fully saturated rings. The van der Waals surface area contributed by atoms with Crippen LogP contribution in [-0.4, -0.2) is 31.3 Å². The lowest BCUT2D eigenvalue weighted by atomic mass is 9.98. The van der Waals surface area contributed by atoms with Gasteiger partial charge in [-0.2, -0.15) is 0 Å². The maximum absolute atomic E-state index is 12.4. The average Bonchev–Trinajstić information content (AvgIpc) is 2.83. The van der Waals surface area contributed by atoms with E-state index in [1.807, 2.05) is 13.1 Å². The molecule has 0 spiro atoms. The Labute approximate surface area is 186 Å². The fourth-order valence-electron chi connectivity index (χ4n) is 4.21. The zero-order valence-electron chi connectivity index (χ0n) is 18.1. The number of aromatic amines is 1. The summed E-state index contributed by atoms with van der Waals surface area (Å²) in [7, 11) is 2.05. The van der Waals surface area contributed by atoms with Gasteiger partial charge in [0.1, 0.15) is 5.75 Å². The van der Waals surface area contributed by atoms with Crippen LogP contribution >= 0.6 is 12.4 Å². The second kappa shape index (κ2) is 8.05. The summed E-state index contributed by atoms with van der Waals surface area (Å²) >= 11 is 0. The number of hydrogen-bond donors (Lipinski definition) is 4. The fraction of sp³-hybridized carbons (Fsp3) is 0.391. The van der Waals surface area contributed by atoms with Gasteiger partial charge in [-0.1, -0.05) is 0 Å². The number of rotatable bonds is 3. The SMILES string of the molecule is Cl.Cn1c(CNC(C)(C)C)cc2cc3c(cc21)CCCc1c-3[nH]c(=O)c(C(=O)O)c1O. The van der Waals surface area contributed by atoms with E-state index in [1.54, 1.807) is 0 Å². The van der Waals surface area contributed by atoms with Crippen molar-refractivity contribution in [3.63, 3.8) is 0 Å². The number of carbonyl (C=O) groups is 1. The Morgan fingerprint density at radius 1 is 1.23 bits per heavy atom. The maximum Gasteiger partial charge on any atom is 0.345 e. The second-order valence-corrected chi connectivity index (χ2v) is 9.06. The number of benzene rings is 1. The lowest BCUT2D eigenvalue weighted by Gasteiger charge is -2.20. The van der Waals surface area contributed by atoms with Crippen LogP contribution in [-0.2, 0) is 26.4 Å². The Bertz CT molecular complexity index is 1230. The number of nitrogens with one attached hydrogen (secondary N) is 2. The standard InChI is InChI=1S/C23H27N3O4.ClH/c1-23(2,3)24-11-14-8-13-9-16-12(10-17(13)26(14)4)6-5-7-15-19(16)25-21(28)18(20(15)27)22(29)30;/h8-10,24H,5-7,11H2,1-4H3,(H,29,30)(H2,25,27,28);1H. The molecule has 0 atom stereocenters. The van der Waals surface area contributed by atoms with Crippen molar-refractivity contribution >= 4 is 29.3 Å². The molecule has 4 N–H and O–H groups in total. The highest BCUT2D eigenvalue weighted by atomic mass is 35.5. The molecule has 0 aliphatic heterocycles. The molecule has 166 valence electrons. The van der Waals surface area contributed by atoms with Crippen molar-refractivity contribution in [2.45, 2.75) is 52.1 Å². The molecule has 0 amide bonds. The van der Waals surface area contributed by atoms with Crippen LogP contribution in [0.3, 0.4) is 0 Å². The van der Waals surface area contributed by atoms with Crippen LogP contribution in [0.5, 0.6) is 5.75 Å². The van der Waals surface area contributed by atoms with Crippen LogP contribution in [0.4, 0.5) is 0 Å². The van der Waals surface area contributed by atoms with E-state index in [1.165, 1.54) is 0 Å². The molecule has 2 aromatic heterocycles. The monoisotopic (exact) mass is 445 g/mol. The molecule has 0 radical (unpaired) electrons. The number of hydrogen-bond acceptors (Lipinski definition) is 4. The molecule has 0 unspecified atom stereocenters. The fourth-order valence-corrected chi connectivity index (χ4v) is 4.21. The molecular formula is C23H28ClN3O4. The first-order valence-electron chi connectivity index (χ1n) is 10.1. The molecule has 31 heavy (non-hydrogen) atoms. The molecule has 0 saturated carbocycles. The topological polar surface area (TPSA) is 107 Å². The number of pyridine rings is 1. The number of H-pyrrole nitrogens is 1. The van der Waals surface area contributed by atoms with E-state index in [0.717, 1.165) is 47.1 Å². The molecule has 7 nitrogen and oxygen atoms in total. The Morgan fingerprint density at radius 3 is 2.58 bits per heavy atom. The van der Waals surface area contributed by atoms with Gasteiger partial charge in [-0.3, -0.25) is 4.79 Å². The van der Waals surface area contributed by atoms with Crippen molar-refractivity contribution in [3.05, 3.63) is 50.9 Å². The Morgan fingerprint density at radius 2 is 1.94 bits per heavy atom. The Kier molecular flexibility index (Phi) is 5.95. The summed E-state index contributed by atoms with van der Waals surface area (Å²) in [5.41, 5.74) is 3.84. The van der Waals surface area contributed by atoms with E-state index < -0.39 is 22.8 Å². The number of aromatic hydroxyl groups is 1. The van der Waals surface area contributed by atoms with Crippen LogP contribution < -0.4 is 10.9 Å². The third kappa shape index (κ3) is 4.07. The summed E-state index contributed by atoms with van der Waals surface area (Å²) in [6.07, 6.45) is 2.04. The Balaban J connectivity index is 0.00000272. The van der Waals surface area contributed by atoms with Crippen LogP contribution in [0.25, 0.3) is 22.2 Å². The van der Waals surface area contributed by atoms with Gasteiger partial charge in [-0.15, -0.1) is 12.4 Å². The third-order valence-corrected chi connectivity index (χ3v) is 5.81. The summed E-state index contributed by atoms with van der Waals surface area (Å²) in [6, 6.07) is 6.30. The summed E-state index contributed by atoms with van der Waals surface area (Å²) < 4.78 is 2.17. The van der Waals surface area contributed by atoms with E-state index in [-0.39, 0.29) is 17.9 Å². The Hall–Kier alpha value is -2.77. The number of aromatic nitrogens is 2.